The molecule has 2 aliphatic rings. The van der Waals surface area contributed by atoms with Crippen molar-refractivity contribution in [1.29, 1.82) is 0 Å². The number of halogens is 1. The number of amidine groups is 1. The SMILES string of the molecule is Cc1cc2c(s1)N(C)c1ccc(F)cc1N=C2N1CCN(C)CC1. The summed E-state index contributed by atoms with van der Waals surface area (Å²) in [5, 5.41) is 1.18. The fraction of sp³-hybridized carbons (Fsp3) is 0.389. The van der Waals surface area contributed by atoms with Crippen LogP contribution in [-0.2, 0) is 0 Å². The van der Waals surface area contributed by atoms with Crippen LogP contribution in [0.25, 0.3) is 0 Å². The number of aliphatic imine (C=N–C) groups is 1. The second kappa shape index (κ2) is 5.86. The summed E-state index contributed by atoms with van der Waals surface area (Å²) >= 11 is 1.76. The maximum atomic E-state index is 13.8. The van der Waals surface area contributed by atoms with Crippen LogP contribution in [0.5, 0.6) is 0 Å². The fourth-order valence-electron chi connectivity index (χ4n) is 3.32. The highest BCUT2D eigenvalue weighted by Gasteiger charge is 2.28. The van der Waals surface area contributed by atoms with E-state index in [0.29, 0.717) is 5.69 Å². The normalized spacial score (nSPS) is 18.1. The van der Waals surface area contributed by atoms with Gasteiger partial charge >= 0.3 is 0 Å². The van der Waals surface area contributed by atoms with E-state index in [9.17, 15) is 4.39 Å². The number of piperazine rings is 1. The molecule has 0 unspecified atom stereocenters. The maximum Gasteiger partial charge on any atom is 0.139 e. The van der Waals surface area contributed by atoms with Gasteiger partial charge in [0.05, 0.1) is 16.9 Å². The summed E-state index contributed by atoms with van der Waals surface area (Å²) in [6.45, 7) is 6.04. The molecule has 1 fully saturated rings. The van der Waals surface area contributed by atoms with E-state index in [1.54, 1.807) is 11.3 Å². The number of rotatable bonds is 0. The second-order valence-electron chi connectivity index (χ2n) is 6.49. The van der Waals surface area contributed by atoms with Crippen molar-refractivity contribution in [2.45, 2.75) is 6.92 Å². The molecule has 0 bridgehead atoms. The van der Waals surface area contributed by atoms with Crippen molar-refractivity contribution < 1.29 is 4.39 Å². The summed E-state index contributed by atoms with van der Waals surface area (Å²) in [5.41, 5.74) is 2.80. The molecular formula is C18H21FN4S. The third-order valence-corrected chi connectivity index (χ3v) is 5.84. The van der Waals surface area contributed by atoms with Gasteiger partial charge in [-0.15, -0.1) is 11.3 Å². The highest BCUT2D eigenvalue weighted by atomic mass is 32.1. The Balaban J connectivity index is 1.87. The minimum Gasteiger partial charge on any atom is -0.353 e. The van der Waals surface area contributed by atoms with Gasteiger partial charge in [-0.1, -0.05) is 0 Å². The third kappa shape index (κ3) is 2.59. The Labute approximate surface area is 145 Å². The number of benzene rings is 1. The molecule has 126 valence electrons. The molecule has 0 N–H and O–H groups in total. The van der Waals surface area contributed by atoms with Crippen LogP contribution in [0.4, 0.5) is 20.8 Å². The van der Waals surface area contributed by atoms with E-state index in [1.807, 2.05) is 13.1 Å². The average molecular weight is 344 g/mol. The molecule has 0 amide bonds. The lowest BCUT2D eigenvalue weighted by atomic mass is 10.2. The van der Waals surface area contributed by atoms with Crippen molar-refractivity contribution in [2.75, 3.05) is 45.2 Å². The van der Waals surface area contributed by atoms with E-state index in [4.69, 9.17) is 4.99 Å². The number of anilines is 2. The summed E-state index contributed by atoms with van der Waals surface area (Å²) in [4.78, 5) is 13.0. The van der Waals surface area contributed by atoms with Crippen LogP contribution in [0.1, 0.15) is 10.4 Å². The summed E-state index contributed by atoms with van der Waals surface area (Å²) < 4.78 is 13.8. The molecule has 0 spiro atoms. The van der Waals surface area contributed by atoms with Gasteiger partial charge < -0.3 is 14.7 Å². The van der Waals surface area contributed by atoms with Crippen molar-refractivity contribution >= 4 is 33.5 Å². The number of aryl methyl sites for hydroxylation is 1. The fourth-order valence-corrected chi connectivity index (χ4v) is 4.30. The Morgan fingerprint density at radius 2 is 1.83 bits per heavy atom. The minimum absolute atomic E-state index is 0.245. The van der Waals surface area contributed by atoms with E-state index in [1.165, 1.54) is 22.0 Å². The molecule has 24 heavy (non-hydrogen) atoms. The molecule has 2 aromatic rings. The van der Waals surface area contributed by atoms with Gasteiger partial charge in [-0.3, -0.25) is 0 Å². The highest BCUT2D eigenvalue weighted by molar-refractivity contribution is 7.16. The number of thiophene rings is 1. The van der Waals surface area contributed by atoms with E-state index in [2.05, 4.69) is 34.7 Å². The number of fused-ring (bicyclic) bond motifs is 2. The molecule has 2 aliphatic heterocycles. The Morgan fingerprint density at radius 1 is 1.08 bits per heavy atom. The van der Waals surface area contributed by atoms with Crippen LogP contribution in [0.15, 0.2) is 29.3 Å². The molecule has 0 atom stereocenters. The second-order valence-corrected chi connectivity index (χ2v) is 7.73. The number of likely N-dealkylation sites (N-methyl/N-ethyl adjacent to an activating group) is 1. The standard InChI is InChI=1S/C18H21FN4S/c1-12-10-14-17(23-8-6-21(2)7-9-23)20-15-11-13(19)4-5-16(15)22(3)18(14)24-12/h4-5,10-11H,6-9H2,1-3H3. The van der Waals surface area contributed by atoms with Crippen molar-refractivity contribution in [1.82, 2.24) is 9.80 Å². The first-order chi connectivity index (χ1) is 11.5. The summed E-state index contributed by atoms with van der Waals surface area (Å²) in [6, 6.07) is 7.06. The average Bonchev–Trinajstić information content (AvgIpc) is 2.90. The van der Waals surface area contributed by atoms with Crippen LogP contribution >= 0.6 is 11.3 Å². The van der Waals surface area contributed by atoms with Gasteiger partial charge in [0.25, 0.3) is 0 Å². The van der Waals surface area contributed by atoms with Gasteiger partial charge in [0, 0.05) is 44.2 Å². The van der Waals surface area contributed by atoms with Gasteiger partial charge in [0.15, 0.2) is 0 Å². The lowest BCUT2D eigenvalue weighted by Gasteiger charge is -2.34. The first-order valence-corrected chi connectivity index (χ1v) is 9.01. The zero-order chi connectivity index (χ0) is 16.8. The Bertz CT molecular complexity index is 805. The predicted octanol–water partition coefficient (Wildman–Crippen LogP) is 3.60. The molecular weight excluding hydrogens is 323 g/mol. The lowest BCUT2D eigenvalue weighted by Crippen LogP contribution is -2.47. The van der Waals surface area contributed by atoms with Crippen LogP contribution in [0.3, 0.4) is 0 Å². The molecule has 1 aromatic heterocycles. The minimum atomic E-state index is -0.245. The van der Waals surface area contributed by atoms with Crippen molar-refractivity contribution in [3.8, 4) is 0 Å². The summed E-state index contributed by atoms with van der Waals surface area (Å²) in [7, 11) is 4.18. The molecule has 0 aliphatic carbocycles. The number of hydrogen-bond acceptors (Lipinski definition) is 5. The smallest absolute Gasteiger partial charge is 0.139 e. The Hall–Kier alpha value is -1.92. The summed E-state index contributed by atoms with van der Waals surface area (Å²) in [6.07, 6.45) is 0. The first-order valence-electron chi connectivity index (χ1n) is 8.19. The van der Waals surface area contributed by atoms with Gasteiger partial charge in [-0.2, -0.15) is 0 Å². The molecule has 0 saturated carbocycles. The maximum absolute atomic E-state index is 13.8. The Kier molecular flexibility index (Phi) is 3.81. The van der Waals surface area contributed by atoms with E-state index >= 15 is 0 Å². The molecule has 4 rings (SSSR count). The topological polar surface area (TPSA) is 22.1 Å². The van der Waals surface area contributed by atoms with Gasteiger partial charge in [0.1, 0.15) is 16.7 Å². The molecule has 0 radical (unpaired) electrons. The van der Waals surface area contributed by atoms with Crippen LogP contribution < -0.4 is 4.90 Å². The monoisotopic (exact) mass is 344 g/mol. The van der Waals surface area contributed by atoms with Crippen molar-refractivity contribution in [2.24, 2.45) is 4.99 Å². The van der Waals surface area contributed by atoms with Crippen LogP contribution in [0.2, 0.25) is 0 Å². The zero-order valence-electron chi connectivity index (χ0n) is 14.2. The number of hydrogen-bond donors (Lipinski definition) is 0. The van der Waals surface area contributed by atoms with Crippen LogP contribution in [0, 0.1) is 12.7 Å². The Morgan fingerprint density at radius 3 is 2.58 bits per heavy atom. The summed E-state index contributed by atoms with van der Waals surface area (Å²) in [5.74, 6) is 0.726. The molecule has 4 nitrogen and oxygen atoms in total. The van der Waals surface area contributed by atoms with E-state index < -0.39 is 0 Å². The molecule has 3 heterocycles. The third-order valence-electron chi connectivity index (χ3n) is 4.71. The zero-order valence-corrected chi connectivity index (χ0v) is 15.0. The van der Waals surface area contributed by atoms with E-state index in [-0.39, 0.29) is 5.82 Å². The largest absolute Gasteiger partial charge is 0.353 e. The highest BCUT2D eigenvalue weighted by Crippen LogP contribution is 2.43. The molecule has 1 aromatic carbocycles. The van der Waals surface area contributed by atoms with Gasteiger partial charge in [-0.05, 0) is 32.2 Å². The van der Waals surface area contributed by atoms with Crippen LogP contribution in [-0.4, -0.2) is 55.9 Å². The van der Waals surface area contributed by atoms with Gasteiger partial charge in [-0.25, -0.2) is 9.38 Å². The first kappa shape index (κ1) is 15.6. The molecule has 6 heteroatoms. The van der Waals surface area contributed by atoms with E-state index in [0.717, 1.165) is 43.3 Å². The number of nitrogens with zero attached hydrogens (tertiary/aromatic N) is 4. The quantitative estimate of drug-likeness (QED) is 0.729. The van der Waals surface area contributed by atoms with Crippen molar-refractivity contribution in [3.05, 3.63) is 40.5 Å². The molecule has 1 saturated heterocycles. The predicted molar refractivity (Wildman–Crippen MR) is 98.8 cm³/mol. The van der Waals surface area contributed by atoms with Crippen molar-refractivity contribution in [3.63, 3.8) is 0 Å². The van der Waals surface area contributed by atoms with Gasteiger partial charge in [0.2, 0.25) is 0 Å². The lowest BCUT2D eigenvalue weighted by molar-refractivity contribution is 0.216.